The Morgan fingerprint density at radius 2 is 1.74 bits per heavy atom. The summed E-state index contributed by atoms with van der Waals surface area (Å²) in [5.74, 6) is 0.916. The van der Waals surface area contributed by atoms with Gasteiger partial charge in [-0.05, 0) is 74.6 Å². The molecule has 1 unspecified atom stereocenters. The molecule has 39 heavy (non-hydrogen) atoms. The van der Waals surface area contributed by atoms with Crippen molar-refractivity contribution in [2.45, 2.75) is 57.3 Å². The number of pyridine rings is 1. The van der Waals surface area contributed by atoms with Crippen molar-refractivity contribution in [3.8, 4) is 11.5 Å². The molecule has 2 amide bonds. The second-order valence-corrected chi connectivity index (χ2v) is 10.1. The number of amides is 2. The summed E-state index contributed by atoms with van der Waals surface area (Å²) < 4.78 is 24.0. The lowest BCUT2D eigenvalue weighted by molar-refractivity contribution is 0.0923. The molecule has 1 aromatic heterocycles. The molecule has 2 N–H and O–H groups in total. The second-order valence-electron chi connectivity index (χ2n) is 10.1. The Hall–Kier alpha value is -4.14. The zero-order chi connectivity index (χ0) is 27.5. The Morgan fingerprint density at radius 3 is 2.41 bits per heavy atom. The summed E-state index contributed by atoms with van der Waals surface area (Å²) in [6.45, 7) is 2.14. The molecular weight excluding hydrogens is 499 g/mol. The van der Waals surface area contributed by atoms with Gasteiger partial charge in [-0.3, -0.25) is 9.59 Å². The fourth-order valence-electron chi connectivity index (χ4n) is 5.79. The van der Waals surface area contributed by atoms with Crippen LogP contribution in [-0.4, -0.2) is 49.1 Å². The molecule has 2 aliphatic rings. The van der Waals surface area contributed by atoms with Gasteiger partial charge < -0.3 is 25.0 Å². The minimum Gasteiger partial charge on any atom is -0.496 e. The van der Waals surface area contributed by atoms with Crippen molar-refractivity contribution in [1.29, 1.82) is 0 Å². The molecule has 8 nitrogen and oxygen atoms in total. The molecule has 0 aliphatic carbocycles. The van der Waals surface area contributed by atoms with Crippen molar-refractivity contribution in [3.63, 3.8) is 0 Å². The predicted octanol–water partition coefficient (Wildman–Crippen LogP) is 4.41. The topological polar surface area (TPSA) is 92.8 Å². The van der Waals surface area contributed by atoms with Crippen LogP contribution in [0.15, 0.2) is 54.7 Å². The lowest BCUT2D eigenvalue weighted by Gasteiger charge is -2.40. The third kappa shape index (κ3) is 5.53. The Balaban J connectivity index is 1.19. The summed E-state index contributed by atoms with van der Waals surface area (Å²) in [5, 5.41) is 6.08. The maximum atomic E-state index is 13.6. The highest BCUT2D eigenvalue weighted by Crippen LogP contribution is 2.38. The van der Waals surface area contributed by atoms with E-state index < -0.39 is 5.82 Å². The molecule has 204 valence electrons. The van der Waals surface area contributed by atoms with E-state index in [1.807, 2.05) is 31.2 Å². The average Bonchev–Trinajstić information content (AvgIpc) is 3.22. The van der Waals surface area contributed by atoms with E-state index >= 15 is 0 Å². The Bertz CT molecular complexity index is 1350. The standard InChI is InChI=1S/C30H33FN4O4/c1-18-24(5-4-6-26(18)38-2)30(37)34-21-14-22-9-10-23(15-21)35(22)28-12-8-20(17-32-28)29(36)33-16-19-7-11-25(31)27(13-19)39-3/h4-8,11-13,17,21-23H,9-10,14-16H2,1-3H3,(H,33,36)(H,34,37)/t21?,22-,23+. The van der Waals surface area contributed by atoms with E-state index in [4.69, 9.17) is 9.47 Å². The van der Waals surface area contributed by atoms with Crippen LogP contribution in [0.25, 0.3) is 0 Å². The van der Waals surface area contributed by atoms with Crippen LogP contribution in [0.4, 0.5) is 10.2 Å². The highest BCUT2D eigenvalue weighted by atomic mass is 19.1. The zero-order valence-electron chi connectivity index (χ0n) is 22.4. The number of methoxy groups -OCH3 is 2. The molecule has 2 fully saturated rings. The van der Waals surface area contributed by atoms with Crippen LogP contribution in [0, 0.1) is 12.7 Å². The van der Waals surface area contributed by atoms with Gasteiger partial charge in [0.2, 0.25) is 0 Å². The number of carbonyl (C=O) groups excluding carboxylic acids is 2. The normalized spacial score (nSPS) is 19.9. The first kappa shape index (κ1) is 26.5. The lowest BCUT2D eigenvalue weighted by atomic mass is 9.96. The fraction of sp³-hybridized carbons (Fsp3) is 0.367. The van der Waals surface area contributed by atoms with E-state index in [0.29, 0.717) is 16.9 Å². The van der Waals surface area contributed by atoms with Crippen LogP contribution in [0.1, 0.15) is 57.5 Å². The van der Waals surface area contributed by atoms with Gasteiger partial charge in [0.05, 0.1) is 19.8 Å². The zero-order valence-corrected chi connectivity index (χ0v) is 22.4. The Kier molecular flexibility index (Phi) is 7.67. The first-order valence-electron chi connectivity index (χ1n) is 13.2. The summed E-state index contributed by atoms with van der Waals surface area (Å²) in [6, 6.07) is 14.3. The number of piperidine rings is 1. The number of rotatable bonds is 8. The molecule has 0 spiro atoms. The number of aromatic nitrogens is 1. The second kappa shape index (κ2) is 11.3. The molecule has 3 aromatic rings. The van der Waals surface area contributed by atoms with Gasteiger partial charge in [0.15, 0.2) is 11.6 Å². The number of carbonyl (C=O) groups is 2. The largest absolute Gasteiger partial charge is 0.496 e. The Labute approximate surface area is 227 Å². The molecule has 2 aromatic carbocycles. The van der Waals surface area contributed by atoms with E-state index in [1.165, 1.54) is 13.2 Å². The van der Waals surface area contributed by atoms with Gasteiger partial charge in [0.1, 0.15) is 11.6 Å². The molecule has 2 aliphatic heterocycles. The van der Waals surface area contributed by atoms with Gasteiger partial charge in [-0.15, -0.1) is 0 Å². The van der Waals surface area contributed by atoms with Gasteiger partial charge in [-0.25, -0.2) is 9.37 Å². The quantitative estimate of drug-likeness (QED) is 0.447. The van der Waals surface area contributed by atoms with Crippen LogP contribution in [0.3, 0.4) is 0 Å². The highest BCUT2D eigenvalue weighted by molar-refractivity contribution is 5.96. The Morgan fingerprint density at radius 1 is 1.00 bits per heavy atom. The van der Waals surface area contributed by atoms with Crippen molar-refractivity contribution in [2.75, 3.05) is 19.1 Å². The van der Waals surface area contributed by atoms with Crippen molar-refractivity contribution in [3.05, 3.63) is 82.8 Å². The van der Waals surface area contributed by atoms with Gasteiger partial charge >= 0.3 is 0 Å². The van der Waals surface area contributed by atoms with Gasteiger partial charge in [-0.1, -0.05) is 12.1 Å². The molecule has 5 rings (SSSR count). The first-order chi connectivity index (χ1) is 18.9. The number of fused-ring (bicyclic) bond motifs is 2. The summed E-state index contributed by atoms with van der Waals surface area (Å²) >= 11 is 0. The van der Waals surface area contributed by atoms with E-state index in [2.05, 4.69) is 20.5 Å². The minimum atomic E-state index is -0.445. The van der Waals surface area contributed by atoms with Gasteiger partial charge in [-0.2, -0.15) is 0 Å². The molecule has 2 bridgehead atoms. The maximum Gasteiger partial charge on any atom is 0.253 e. The summed E-state index contributed by atoms with van der Waals surface area (Å²) in [4.78, 5) is 32.7. The SMILES string of the molecule is COc1cc(CNC(=O)c2ccc(N3[C@@H]4CC[C@H]3CC(NC(=O)c3cccc(OC)c3C)C4)nc2)ccc1F. The van der Waals surface area contributed by atoms with Crippen molar-refractivity contribution in [2.24, 2.45) is 0 Å². The lowest BCUT2D eigenvalue weighted by Crippen LogP contribution is -2.50. The fourth-order valence-corrected chi connectivity index (χ4v) is 5.79. The van der Waals surface area contributed by atoms with Crippen LogP contribution >= 0.6 is 0 Å². The summed E-state index contributed by atoms with van der Waals surface area (Å²) in [7, 11) is 3.01. The summed E-state index contributed by atoms with van der Waals surface area (Å²) in [6.07, 6.45) is 5.36. The molecule has 0 saturated carbocycles. The molecule has 3 heterocycles. The van der Waals surface area contributed by atoms with Crippen molar-refractivity contribution >= 4 is 17.6 Å². The third-order valence-corrected chi connectivity index (χ3v) is 7.76. The molecular formula is C30H33FN4O4. The summed E-state index contributed by atoms with van der Waals surface area (Å²) in [5.41, 5.74) is 2.66. The van der Waals surface area contributed by atoms with Crippen LogP contribution < -0.4 is 25.0 Å². The van der Waals surface area contributed by atoms with Gasteiger partial charge in [0, 0.05) is 42.0 Å². The number of hydrogen-bond acceptors (Lipinski definition) is 6. The number of halogens is 1. The number of nitrogens with zero attached hydrogens (tertiary/aromatic N) is 2. The third-order valence-electron chi connectivity index (χ3n) is 7.76. The number of ether oxygens (including phenoxy) is 2. The maximum absolute atomic E-state index is 13.6. The monoisotopic (exact) mass is 532 g/mol. The van der Waals surface area contributed by atoms with Crippen molar-refractivity contribution < 1.29 is 23.5 Å². The highest BCUT2D eigenvalue weighted by Gasteiger charge is 2.42. The number of nitrogens with one attached hydrogen (secondary N) is 2. The van der Waals surface area contributed by atoms with Crippen LogP contribution in [0.2, 0.25) is 0 Å². The minimum absolute atomic E-state index is 0.0724. The molecule has 9 heteroatoms. The van der Waals surface area contributed by atoms with Gasteiger partial charge in [0.25, 0.3) is 11.8 Å². The van der Waals surface area contributed by atoms with Crippen LogP contribution in [-0.2, 0) is 6.54 Å². The van der Waals surface area contributed by atoms with E-state index in [0.717, 1.165) is 42.6 Å². The number of hydrogen-bond donors (Lipinski definition) is 2. The van der Waals surface area contributed by atoms with E-state index in [-0.39, 0.29) is 42.2 Å². The molecule has 0 radical (unpaired) electrons. The molecule has 3 atom stereocenters. The number of benzene rings is 2. The van der Waals surface area contributed by atoms with Crippen LogP contribution in [0.5, 0.6) is 11.5 Å². The van der Waals surface area contributed by atoms with Crippen molar-refractivity contribution in [1.82, 2.24) is 15.6 Å². The number of anilines is 1. The smallest absolute Gasteiger partial charge is 0.253 e. The molecule has 2 saturated heterocycles. The van der Waals surface area contributed by atoms with E-state index in [1.54, 1.807) is 31.5 Å². The van der Waals surface area contributed by atoms with E-state index in [9.17, 15) is 14.0 Å². The predicted molar refractivity (Wildman–Crippen MR) is 146 cm³/mol. The first-order valence-corrected chi connectivity index (χ1v) is 13.2. The average molecular weight is 533 g/mol.